The van der Waals surface area contributed by atoms with Crippen LogP contribution in [0.2, 0.25) is 0 Å². The van der Waals surface area contributed by atoms with Gasteiger partial charge >= 0.3 is 11.9 Å². The van der Waals surface area contributed by atoms with Gasteiger partial charge in [0.05, 0.1) is 6.10 Å². The normalized spacial score (nSPS) is 12.4. The van der Waals surface area contributed by atoms with E-state index >= 15 is 0 Å². The number of rotatable bonds is 32. The number of unbranched alkanes of at least 4 members (excludes halogenated alkanes) is 21. The molecule has 0 saturated carbocycles. The van der Waals surface area contributed by atoms with Gasteiger partial charge in [0.15, 0.2) is 0 Å². The molecular weight excluding hydrogens is 508 g/mol. The lowest BCUT2D eigenvalue weighted by Crippen LogP contribution is -2.14. The van der Waals surface area contributed by atoms with Crippen molar-refractivity contribution < 1.29 is 19.4 Å². The van der Waals surface area contributed by atoms with Crippen LogP contribution in [0.1, 0.15) is 194 Å². The van der Waals surface area contributed by atoms with Crippen LogP contribution in [0.3, 0.4) is 0 Å². The van der Waals surface area contributed by atoms with Gasteiger partial charge < -0.3 is 9.84 Å². The molecule has 0 bridgehead atoms. The van der Waals surface area contributed by atoms with Crippen LogP contribution in [0.4, 0.5) is 0 Å². The predicted molar refractivity (Wildman–Crippen MR) is 176 cm³/mol. The fourth-order valence-corrected chi connectivity index (χ4v) is 5.25. The Morgan fingerprint density at radius 2 is 0.976 bits per heavy atom. The molecule has 0 amide bonds. The van der Waals surface area contributed by atoms with E-state index in [0.717, 1.165) is 44.9 Å². The highest BCUT2D eigenvalue weighted by atomic mass is 16.5. The molecule has 1 N–H and O–H groups in total. The fourth-order valence-electron chi connectivity index (χ4n) is 5.25. The molecule has 0 saturated heterocycles. The largest absolute Gasteiger partial charge is 0.481 e. The van der Waals surface area contributed by atoms with E-state index < -0.39 is 5.97 Å². The maximum absolute atomic E-state index is 12.1. The highest BCUT2D eigenvalue weighted by Crippen LogP contribution is 2.15. The van der Waals surface area contributed by atoms with E-state index in [0.29, 0.717) is 12.8 Å². The smallest absolute Gasteiger partial charge is 0.306 e. The summed E-state index contributed by atoms with van der Waals surface area (Å²) < 4.78 is 5.62. The second-order valence-corrected chi connectivity index (χ2v) is 12.2. The van der Waals surface area contributed by atoms with E-state index in [-0.39, 0.29) is 12.1 Å². The average Bonchev–Trinajstić information content (AvgIpc) is 2.94. The number of aliphatic carboxylic acids is 1. The van der Waals surface area contributed by atoms with Gasteiger partial charge in [-0.1, -0.05) is 140 Å². The number of carboxylic acid groups (broad SMARTS) is 1. The number of carbonyl (C=O) groups excluding carboxylic acids is 1. The standard InChI is InChI=1S/C37H68O4/c1-3-4-5-6-7-8-9-10-11-12-13-14-19-22-25-28-31-34-37(40)41-35(2)32-29-26-23-20-17-15-16-18-21-24-27-30-33-36(38)39/h7-8,10-11,35H,3-6,9,12-34H2,1-2H3,(H,38,39)/b8-7-,11-10-. The monoisotopic (exact) mass is 577 g/mol. The first kappa shape index (κ1) is 39.4. The molecule has 0 heterocycles. The van der Waals surface area contributed by atoms with Crippen molar-refractivity contribution in [3.8, 4) is 0 Å². The van der Waals surface area contributed by atoms with Gasteiger partial charge in [0.2, 0.25) is 0 Å². The lowest BCUT2D eigenvalue weighted by molar-refractivity contribution is -0.148. The highest BCUT2D eigenvalue weighted by Gasteiger charge is 2.09. The van der Waals surface area contributed by atoms with Crippen molar-refractivity contribution in [2.45, 2.75) is 200 Å². The van der Waals surface area contributed by atoms with Gasteiger partial charge in [0, 0.05) is 12.8 Å². The molecule has 0 radical (unpaired) electrons. The number of hydrogen-bond donors (Lipinski definition) is 1. The van der Waals surface area contributed by atoms with Crippen LogP contribution in [-0.2, 0) is 14.3 Å². The van der Waals surface area contributed by atoms with Crippen molar-refractivity contribution in [2.75, 3.05) is 0 Å². The SMILES string of the molecule is CCCCC/C=C\C/C=C\CCCCCCCCCC(=O)OC(C)CCCCCCCCCCCCCCC(=O)O. The maximum Gasteiger partial charge on any atom is 0.306 e. The van der Waals surface area contributed by atoms with Crippen LogP contribution < -0.4 is 0 Å². The minimum absolute atomic E-state index is 0.0121. The third kappa shape index (κ3) is 34.5. The van der Waals surface area contributed by atoms with Crippen LogP contribution in [0, 0.1) is 0 Å². The molecular formula is C37H68O4. The minimum atomic E-state index is -0.672. The summed E-state index contributed by atoms with van der Waals surface area (Å²) in [5, 5.41) is 8.63. The molecule has 4 nitrogen and oxygen atoms in total. The Morgan fingerprint density at radius 3 is 1.46 bits per heavy atom. The Labute approximate surface area is 255 Å². The molecule has 4 heteroatoms. The van der Waals surface area contributed by atoms with Crippen LogP contribution >= 0.6 is 0 Å². The van der Waals surface area contributed by atoms with Crippen molar-refractivity contribution in [2.24, 2.45) is 0 Å². The molecule has 240 valence electrons. The van der Waals surface area contributed by atoms with E-state index in [4.69, 9.17) is 9.84 Å². The minimum Gasteiger partial charge on any atom is -0.481 e. The summed E-state index contributed by atoms with van der Waals surface area (Å²) in [5.41, 5.74) is 0. The molecule has 1 atom stereocenters. The zero-order chi connectivity index (χ0) is 30.1. The fraction of sp³-hybridized carbons (Fsp3) is 0.838. The quantitative estimate of drug-likeness (QED) is 0.0491. The number of esters is 1. The van der Waals surface area contributed by atoms with Crippen molar-refractivity contribution in [1.29, 1.82) is 0 Å². The molecule has 0 aromatic heterocycles. The molecule has 0 rings (SSSR count). The number of carboxylic acids is 1. The second-order valence-electron chi connectivity index (χ2n) is 12.2. The number of ether oxygens (including phenoxy) is 1. The molecule has 1 unspecified atom stereocenters. The van der Waals surface area contributed by atoms with Crippen LogP contribution in [-0.4, -0.2) is 23.1 Å². The van der Waals surface area contributed by atoms with Gasteiger partial charge in [-0.15, -0.1) is 0 Å². The number of allylic oxidation sites excluding steroid dienone is 4. The summed E-state index contributed by atoms with van der Waals surface area (Å²) in [5.74, 6) is -0.684. The van der Waals surface area contributed by atoms with Crippen molar-refractivity contribution in [1.82, 2.24) is 0 Å². The van der Waals surface area contributed by atoms with Crippen LogP contribution in [0.25, 0.3) is 0 Å². The van der Waals surface area contributed by atoms with Gasteiger partial charge in [-0.05, 0) is 64.7 Å². The summed E-state index contributed by atoms with van der Waals surface area (Å²) in [7, 11) is 0. The van der Waals surface area contributed by atoms with Gasteiger partial charge in [0.1, 0.15) is 0 Å². The Kier molecular flexibility index (Phi) is 31.7. The van der Waals surface area contributed by atoms with E-state index in [9.17, 15) is 9.59 Å². The molecule has 0 aromatic rings. The van der Waals surface area contributed by atoms with Crippen molar-refractivity contribution >= 4 is 11.9 Å². The van der Waals surface area contributed by atoms with E-state index in [1.807, 2.05) is 6.92 Å². The number of hydrogen-bond acceptors (Lipinski definition) is 3. The lowest BCUT2D eigenvalue weighted by Gasteiger charge is -2.13. The summed E-state index contributed by atoms with van der Waals surface area (Å²) >= 11 is 0. The predicted octanol–water partition coefficient (Wildman–Crippen LogP) is 12.1. The van der Waals surface area contributed by atoms with Gasteiger partial charge in [-0.3, -0.25) is 9.59 Å². The van der Waals surface area contributed by atoms with Gasteiger partial charge in [-0.2, -0.15) is 0 Å². The van der Waals surface area contributed by atoms with Crippen LogP contribution in [0.15, 0.2) is 24.3 Å². The molecule has 0 fully saturated rings. The molecule has 0 aliphatic rings. The number of carbonyl (C=O) groups is 2. The molecule has 0 aliphatic heterocycles. The summed E-state index contributed by atoms with van der Waals surface area (Å²) in [6.07, 6.45) is 41.7. The second kappa shape index (κ2) is 32.9. The third-order valence-corrected chi connectivity index (χ3v) is 7.92. The van der Waals surface area contributed by atoms with E-state index in [2.05, 4.69) is 31.2 Å². The molecule has 41 heavy (non-hydrogen) atoms. The Hall–Kier alpha value is -1.58. The molecule has 0 spiro atoms. The van der Waals surface area contributed by atoms with E-state index in [1.54, 1.807) is 0 Å². The average molecular weight is 577 g/mol. The Morgan fingerprint density at radius 1 is 0.561 bits per heavy atom. The molecule has 0 aliphatic carbocycles. The zero-order valence-electron chi connectivity index (χ0n) is 27.4. The van der Waals surface area contributed by atoms with Gasteiger partial charge in [-0.25, -0.2) is 0 Å². The van der Waals surface area contributed by atoms with E-state index in [1.165, 1.54) is 122 Å². The summed E-state index contributed by atoms with van der Waals surface area (Å²) in [6, 6.07) is 0. The highest BCUT2D eigenvalue weighted by molar-refractivity contribution is 5.69. The Bertz CT molecular complexity index is 624. The first-order valence-corrected chi connectivity index (χ1v) is 17.8. The first-order valence-electron chi connectivity index (χ1n) is 17.8. The molecule has 0 aromatic carbocycles. The van der Waals surface area contributed by atoms with Crippen molar-refractivity contribution in [3.05, 3.63) is 24.3 Å². The zero-order valence-corrected chi connectivity index (χ0v) is 27.4. The Balaban J connectivity index is 3.35. The summed E-state index contributed by atoms with van der Waals surface area (Å²) in [4.78, 5) is 22.6. The first-order chi connectivity index (χ1) is 20.1. The topological polar surface area (TPSA) is 63.6 Å². The lowest BCUT2D eigenvalue weighted by atomic mass is 10.0. The van der Waals surface area contributed by atoms with Crippen LogP contribution in [0.5, 0.6) is 0 Å². The summed E-state index contributed by atoms with van der Waals surface area (Å²) in [6.45, 7) is 4.29. The van der Waals surface area contributed by atoms with Crippen molar-refractivity contribution in [3.63, 3.8) is 0 Å². The third-order valence-electron chi connectivity index (χ3n) is 7.92. The maximum atomic E-state index is 12.1. The van der Waals surface area contributed by atoms with Gasteiger partial charge in [0.25, 0.3) is 0 Å².